The Labute approximate surface area is 108 Å². The molecule has 0 atom stereocenters. The quantitative estimate of drug-likeness (QED) is 0.812. The Morgan fingerprint density at radius 2 is 2.11 bits per heavy atom. The topological polar surface area (TPSA) is 44.9 Å². The molecule has 0 aliphatic heterocycles. The number of aromatic nitrogens is 1. The number of carbonyl (C=O) groups is 1. The average molecular weight is 244 g/mol. The van der Waals surface area contributed by atoms with Gasteiger partial charge < -0.3 is 10.3 Å². The molecule has 0 aliphatic rings. The molecule has 2 rings (SSSR count). The second-order valence-corrected chi connectivity index (χ2v) is 5.04. The number of aromatic amines is 1. The molecule has 0 fully saturated rings. The van der Waals surface area contributed by atoms with Crippen LogP contribution in [-0.4, -0.2) is 24.4 Å². The molecule has 1 heterocycles. The molecule has 1 aromatic heterocycles. The van der Waals surface area contributed by atoms with Gasteiger partial charge >= 0.3 is 0 Å². The van der Waals surface area contributed by atoms with Crippen molar-refractivity contribution in [3.8, 4) is 0 Å². The molecule has 18 heavy (non-hydrogen) atoms. The summed E-state index contributed by atoms with van der Waals surface area (Å²) >= 11 is 0. The zero-order valence-electron chi connectivity index (χ0n) is 11.4. The standard InChI is InChI=1S/C15H20N2O/c1-9(2)11-5-6-13-12(7-11)15(10(3)17-13)14(18)8-16-4/h5-7,9,16-17H,8H2,1-4H3. The first-order valence-electron chi connectivity index (χ1n) is 6.34. The second-order valence-electron chi connectivity index (χ2n) is 5.04. The Kier molecular flexibility index (Phi) is 3.53. The molecule has 3 nitrogen and oxygen atoms in total. The third-order valence-corrected chi connectivity index (χ3v) is 3.29. The lowest BCUT2D eigenvalue weighted by Crippen LogP contribution is -2.19. The predicted molar refractivity (Wildman–Crippen MR) is 75.4 cm³/mol. The van der Waals surface area contributed by atoms with Gasteiger partial charge in [-0.05, 0) is 37.6 Å². The van der Waals surface area contributed by atoms with Gasteiger partial charge in [-0.2, -0.15) is 0 Å². The zero-order chi connectivity index (χ0) is 13.3. The summed E-state index contributed by atoms with van der Waals surface area (Å²) in [6.07, 6.45) is 0. The summed E-state index contributed by atoms with van der Waals surface area (Å²) in [5.74, 6) is 0.610. The number of aryl methyl sites for hydroxylation is 1. The molecule has 2 aromatic rings. The average Bonchev–Trinajstić information content (AvgIpc) is 2.63. The first-order valence-corrected chi connectivity index (χ1v) is 6.34. The van der Waals surface area contributed by atoms with Crippen molar-refractivity contribution in [2.45, 2.75) is 26.7 Å². The van der Waals surface area contributed by atoms with Gasteiger partial charge in [-0.1, -0.05) is 19.9 Å². The molecule has 0 unspecified atom stereocenters. The number of hydrogen-bond acceptors (Lipinski definition) is 2. The summed E-state index contributed by atoms with van der Waals surface area (Å²) in [5, 5.41) is 3.96. The minimum absolute atomic E-state index is 0.141. The molecule has 0 bridgehead atoms. The number of fused-ring (bicyclic) bond motifs is 1. The maximum absolute atomic E-state index is 12.1. The summed E-state index contributed by atoms with van der Waals surface area (Å²) in [6.45, 7) is 6.66. The summed E-state index contributed by atoms with van der Waals surface area (Å²) in [4.78, 5) is 15.4. The van der Waals surface area contributed by atoms with Gasteiger partial charge in [0.25, 0.3) is 0 Å². The number of likely N-dealkylation sites (N-methyl/N-ethyl adjacent to an activating group) is 1. The summed E-state index contributed by atoms with van der Waals surface area (Å²) in [7, 11) is 1.79. The Bertz CT molecular complexity index is 581. The van der Waals surface area contributed by atoms with Crippen molar-refractivity contribution in [1.82, 2.24) is 10.3 Å². The van der Waals surface area contributed by atoms with Crippen LogP contribution in [0.25, 0.3) is 10.9 Å². The number of H-pyrrole nitrogens is 1. The number of rotatable bonds is 4. The largest absolute Gasteiger partial charge is 0.358 e. The molecule has 0 spiro atoms. The number of benzene rings is 1. The number of hydrogen-bond donors (Lipinski definition) is 2. The van der Waals surface area contributed by atoms with Gasteiger partial charge in [-0.3, -0.25) is 4.79 Å². The normalized spacial score (nSPS) is 11.4. The van der Waals surface area contributed by atoms with Crippen LogP contribution in [0.1, 0.15) is 41.4 Å². The molecular weight excluding hydrogens is 224 g/mol. The zero-order valence-corrected chi connectivity index (χ0v) is 11.4. The van der Waals surface area contributed by atoms with Crippen LogP contribution in [0.2, 0.25) is 0 Å². The molecule has 2 N–H and O–H groups in total. The Hall–Kier alpha value is -1.61. The highest BCUT2D eigenvalue weighted by Crippen LogP contribution is 2.26. The van der Waals surface area contributed by atoms with Gasteiger partial charge in [0.05, 0.1) is 6.54 Å². The third kappa shape index (κ3) is 2.18. The van der Waals surface area contributed by atoms with Crippen LogP contribution in [0.3, 0.4) is 0 Å². The lowest BCUT2D eigenvalue weighted by molar-refractivity contribution is 0.0994. The molecule has 0 aliphatic carbocycles. The van der Waals surface area contributed by atoms with Crippen molar-refractivity contribution in [3.63, 3.8) is 0 Å². The fraction of sp³-hybridized carbons (Fsp3) is 0.400. The molecule has 0 radical (unpaired) electrons. The van der Waals surface area contributed by atoms with Crippen molar-refractivity contribution in [2.75, 3.05) is 13.6 Å². The Morgan fingerprint density at radius 3 is 2.72 bits per heavy atom. The summed E-state index contributed by atoms with van der Waals surface area (Å²) < 4.78 is 0. The predicted octanol–water partition coefficient (Wildman–Crippen LogP) is 3.00. The lowest BCUT2D eigenvalue weighted by Gasteiger charge is -2.06. The van der Waals surface area contributed by atoms with E-state index in [-0.39, 0.29) is 5.78 Å². The maximum Gasteiger partial charge on any atom is 0.179 e. The lowest BCUT2D eigenvalue weighted by atomic mass is 9.99. The smallest absolute Gasteiger partial charge is 0.179 e. The molecule has 0 saturated carbocycles. The van der Waals surface area contributed by atoms with Crippen LogP contribution < -0.4 is 5.32 Å². The van der Waals surface area contributed by atoms with E-state index >= 15 is 0 Å². The van der Waals surface area contributed by atoms with Crippen LogP contribution >= 0.6 is 0 Å². The number of nitrogens with one attached hydrogen (secondary N) is 2. The van der Waals surface area contributed by atoms with Gasteiger partial charge in [0.2, 0.25) is 0 Å². The van der Waals surface area contributed by atoms with Crippen molar-refractivity contribution >= 4 is 16.7 Å². The van der Waals surface area contributed by atoms with E-state index in [4.69, 9.17) is 0 Å². The second kappa shape index (κ2) is 4.94. The highest BCUT2D eigenvalue weighted by atomic mass is 16.1. The molecule has 1 aromatic carbocycles. The minimum atomic E-state index is 0.141. The fourth-order valence-electron chi connectivity index (χ4n) is 2.31. The van der Waals surface area contributed by atoms with Gasteiger partial charge in [-0.25, -0.2) is 0 Å². The molecular formula is C15H20N2O. The van der Waals surface area contributed by atoms with Crippen molar-refractivity contribution in [1.29, 1.82) is 0 Å². The SMILES string of the molecule is CNCC(=O)c1c(C)[nH]c2ccc(C(C)C)cc12. The summed E-state index contributed by atoms with van der Waals surface area (Å²) in [6, 6.07) is 6.31. The van der Waals surface area contributed by atoms with Crippen LogP contribution in [0.5, 0.6) is 0 Å². The van der Waals surface area contributed by atoms with E-state index in [9.17, 15) is 4.79 Å². The van der Waals surface area contributed by atoms with E-state index in [0.717, 1.165) is 22.2 Å². The molecule has 96 valence electrons. The Morgan fingerprint density at radius 1 is 1.39 bits per heavy atom. The minimum Gasteiger partial charge on any atom is -0.358 e. The molecule has 3 heteroatoms. The maximum atomic E-state index is 12.1. The van der Waals surface area contributed by atoms with Gasteiger partial charge in [-0.15, -0.1) is 0 Å². The van der Waals surface area contributed by atoms with Crippen molar-refractivity contribution in [3.05, 3.63) is 35.0 Å². The van der Waals surface area contributed by atoms with E-state index < -0.39 is 0 Å². The number of carbonyl (C=O) groups excluding carboxylic acids is 1. The van der Waals surface area contributed by atoms with Crippen LogP contribution in [0.15, 0.2) is 18.2 Å². The highest BCUT2D eigenvalue weighted by molar-refractivity contribution is 6.10. The van der Waals surface area contributed by atoms with E-state index in [1.807, 2.05) is 6.92 Å². The van der Waals surface area contributed by atoms with Crippen LogP contribution in [0, 0.1) is 6.92 Å². The van der Waals surface area contributed by atoms with E-state index in [1.54, 1.807) is 7.05 Å². The van der Waals surface area contributed by atoms with E-state index in [0.29, 0.717) is 12.5 Å². The van der Waals surface area contributed by atoms with Crippen LogP contribution in [-0.2, 0) is 0 Å². The van der Waals surface area contributed by atoms with Crippen molar-refractivity contribution in [2.24, 2.45) is 0 Å². The number of Topliss-reactive ketones (excluding diaryl/α,β-unsaturated/α-hetero) is 1. The summed E-state index contributed by atoms with van der Waals surface area (Å²) in [5.41, 5.74) is 4.07. The van der Waals surface area contributed by atoms with E-state index in [1.165, 1.54) is 5.56 Å². The third-order valence-electron chi connectivity index (χ3n) is 3.29. The van der Waals surface area contributed by atoms with E-state index in [2.05, 4.69) is 42.3 Å². The monoisotopic (exact) mass is 244 g/mol. The van der Waals surface area contributed by atoms with Crippen molar-refractivity contribution < 1.29 is 4.79 Å². The number of ketones is 1. The van der Waals surface area contributed by atoms with Gasteiger partial charge in [0, 0.05) is 22.2 Å². The first kappa shape index (κ1) is 12.8. The Balaban J connectivity index is 2.60. The molecule has 0 saturated heterocycles. The van der Waals surface area contributed by atoms with Gasteiger partial charge in [0.1, 0.15) is 0 Å². The molecule has 0 amide bonds. The first-order chi connectivity index (χ1) is 8.54. The van der Waals surface area contributed by atoms with Gasteiger partial charge in [0.15, 0.2) is 5.78 Å². The highest BCUT2D eigenvalue weighted by Gasteiger charge is 2.16. The fourth-order valence-corrected chi connectivity index (χ4v) is 2.31. The van der Waals surface area contributed by atoms with Crippen LogP contribution in [0.4, 0.5) is 0 Å².